The fourth-order valence-electron chi connectivity index (χ4n) is 2.44. The highest BCUT2D eigenvalue weighted by Gasteiger charge is 2.40. The number of allylic oxidation sites excluding steroid dienone is 1. The van der Waals surface area contributed by atoms with E-state index in [2.05, 4.69) is 6.92 Å². The predicted molar refractivity (Wildman–Crippen MR) is 80.8 cm³/mol. The van der Waals surface area contributed by atoms with Crippen LogP contribution in [0.4, 0.5) is 0 Å². The van der Waals surface area contributed by atoms with Crippen LogP contribution < -0.4 is 0 Å². The summed E-state index contributed by atoms with van der Waals surface area (Å²) in [7, 11) is 0. The Hall–Kier alpha value is -0.620. The van der Waals surface area contributed by atoms with E-state index in [1.165, 1.54) is 32.1 Å². The fraction of sp³-hybridized carbons (Fsp3) is 0.875. The van der Waals surface area contributed by atoms with Crippen molar-refractivity contribution in [3.63, 3.8) is 0 Å². The van der Waals surface area contributed by atoms with Gasteiger partial charge in [-0.15, -0.1) is 0 Å². The van der Waals surface area contributed by atoms with Crippen LogP contribution in [0.3, 0.4) is 0 Å². The van der Waals surface area contributed by atoms with Crippen molar-refractivity contribution in [3.8, 4) is 0 Å². The van der Waals surface area contributed by atoms with Gasteiger partial charge < -0.3 is 24.8 Å². The molecule has 0 bridgehead atoms. The number of aliphatic hydroxyl groups is 3. The third-order valence-electron chi connectivity index (χ3n) is 3.81. The summed E-state index contributed by atoms with van der Waals surface area (Å²) in [6, 6.07) is 0. The van der Waals surface area contributed by atoms with Crippen molar-refractivity contribution in [2.75, 3.05) is 13.2 Å². The Morgan fingerprint density at radius 1 is 1.19 bits per heavy atom. The molecule has 3 N–H and O–H groups in total. The molecule has 0 radical (unpaired) electrons. The molecule has 0 aromatic heterocycles. The Kier molecular flexibility index (Phi) is 9.67. The van der Waals surface area contributed by atoms with Crippen LogP contribution in [0.15, 0.2) is 12.3 Å². The Labute approximate surface area is 127 Å². The van der Waals surface area contributed by atoms with Crippen LogP contribution >= 0.6 is 0 Å². The largest absolute Gasteiger partial charge is 0.493 e. The van der Waals surface area contributed by atoms with Gasteiger partial charge in [-0.05, 0) is 18.9 Å². The molecule has 1 aliphatic heterocycles. The summed E-state index contributed by atoms with van der Waals surface area (Å²) in [5.74, 6) is 0. The van der Waals surface area contributed by atoms with Crippen LogP contribution in [-0.4, -0.2) is 52.9 Å². The summed E-state index contributed by atoms with van der Waals surface area (Å²) in [5.41, 5.74) is 0. The maximum Gasteiger partial charge on any atom is 0.149 e. The normalized spacial score (nSPS) is 27.3. The standard InChI is InChI=1S/C16H30O5/c1-2-3-4-5-6-7-8-9-10-20-14(11-17)16-15(19)13(18)12-21-16/h9-10,13-19H,2-8,11-12H2,1H3/b10-9+/t13-,14+,15-,16-/m1/s1. The van der Waals surface area contributed by atoms with Gasteiger partial charge in [0, 0.05) is 0 Å². The number of aliphatic hydroxyl groups excluding tert-OH is 3. The molecule has 0 unspecified atom stereocenters. The van der Waals surface area contributed by atoms with Gasteiger partial charge in [0.15, 0.2) is 0 Å². The van der Waals surface area contributed by atoms with Gasteiger partial charge in [0.2, 0.25) is 0 Å². The summed E-state index contributed by atoms with van der Waals surface area (Å²) >= 11 is 0. The molecule has 1 rings (SSSR count). The van der Waals surface area contributed by atoms with Crippen LogP contribution in [-0.2, 0) is 9.47 Å². The minimum atomic E-state index is -1.01. The molecule has 0 amide bonds. The van der Waals surface area contributed by atoms with E-state index in [-0.39, 0.29) is 13.2 Å². The van der Waals surface area contributed by atoms with E-state index in [0.29, 0.717) is 0 Å². The SMILES string of the molecule is CCCCCCCC/C=C/O[C@@H](CO)[C@H]1OC[C@@H](O)[C@H]1O. The van der Waals surface area contributed by atoms with E-state index in [1.54, 1.807) is 6.26 Å². The number of hydrogen-bond acceptors (Lipinski definition) is 5. The zero-order chi connectivity index (χ0) is 15.5. The van der Waals surface area contributed by atoms with Gasteiger partial charge in [-0.1, -0.05) is 39.0 Å². The van der Waals surface area contributed by atoms with Crippen molar-refractivity contribution in [1.82, 2.24) is 0 Å². The fourth-order valence-corrected chi connectivity index (χ4v) is 2.44. The average molecular weight is 302 g/mol. The summed E-state index contributed by atoms with van der Waals surface area (Å²) < 4.78 is 10.7. The van der Waals surface area contributed by atoms with Crippen molar-refractivity contribution in [3.05, 3.63) is 12.3 Å². The van der Waals surface area contributed by atoms with Crippen LogP contribution in [0.2, 0.25) is 0 Å². The highest BCUT2D eigenvalue weighted by Crippen LogP contribution is 2.19. The first kappa shape index (κ1) is 18.4. The molecule has 1 heterocycles. The smallest absolute Gasteiger partial charge is 0.149 e. The second kappa shape index (κ2) is 11.0. The van der Waals surface area contributed by atoms with E-state index in [1.807, 2.05) is 6.08 Å². The van der Waals surface area contributed by atoms with Crippen molar-refractivity contribution in [2.45, 2.75) is 76.3 Å². The van der Waals surface area contributed by atoms with Crippen molar-refractivity contribution >= 4 is 0 Å². The lowest BCUT2D eigenvalue weighted by atomic mass is 10.1. The average Bonchev–Trinajstić information content (AvgIpc) is 2.82. The molecule has 1 fully saturated rings. The summed E-state index contributed by atoms with van der Waals surface area (Å²) in [5, 5.41) is 28.4. The number of hydrogen-bond donors (Lipinski definition) is 3. The highest BCUT2D eigenvalue weighted by molar-refractivity contribution is 4.90. The second-order valence-corrected chi connectivity index (χ2v) is 5.64. The second-order valence-electron chi connectivity index (χ2n) is 5.64. The monoisotopic (exact) mass is 302 g/mol. The van der Waals surface area contributed by atoms with Crippen molar-refractivity contribution in [1.29, 1.82) is 0 Å². The van der Waals surface area contributed by atoms with Gasteiger partial charge in [0.1, 0.15) is 24.4 Å². The molecule has 0 spiro atoms. The van der Waals surface area contributed by atoms with Gasteiger partial charge >= 0.3 is 0 Å². The summed E-state index contributed by atoms with van der Waals surface area (Å²) in [6.07, 6.45) is 8.74. The third kappa shape index (κ3) is 6.78. The first-order valence-corrected chi connectivity index (χ1v) is 8.09. The Morgan fingerprint density at radius 3 is 2.52 bits per heavy atom. The van der Waals surface area contributed by atoms with Gasteiger partial charge in [0.05, 0.1) is 19.5 Å². The van der Waals surface area contributed by atoms with Crippen LogP contribution in [0.25, 0.3) is 0 Å². The Balaban J connectivity index is 2.13. The lowest BCUT2D eigenvalue weighted by Crippen LogP contribution is -2.41. The van der Waals surface area contributed by atoms with E-state index < -0.39 is 24.4 Å². The van der Waals surface area contributed by atoms with Gasteiger partial charge in [-0.25, -0.2) is 0 Å². The molecule has 0 saturated carbocycles. The van der Waals surface area contributed by atoms with E-state index in [9.17, 15) is 15.3 Å². The predicted octanol–water partition coefficient (Wildman–Crippen LogP) is 1.75. The van der Waals surface area contributed by atoms with Gasteiger partial charge in [-0.3, -0.25) is 0 Å². The molecule has 0 aromatic rings. The minimum absolute atomic E-state index is 0.0766. The van der Waals surface area contributed by atoms with E-state index in [4.69, 9.17) is 9.47 Å². The molecule has 0 aromatic carbocycles. The number of unbranched alkanes of at least 4 members (excludes halogenated alkanes) is 6. The molecule has 124 valence electrons. The topological polar surface area (TPSA) is 79.2 Å². The molecule has 1 saturated heterocycles. The maximum atomic E-state index is 9.71. The van der Waals surface area contributed by atoms with Crippen LogP contribution in [0.5, 0.6) is 0 Å². The van der Waals surface area contributed by atoms with Crippen molar-refractivity contribution < 1.29 is 24.8 Å². The molecular weight excluding hydrogens is 272 g/mol. The summed E-state index contributed by atoms with van der Waals surface area (Å²) in [4.78, 5) is 0. The zero-order valence-corrected chi connectivity index (χ0v) is 13.0. The molecule has 0 aliphatic carbocycles. The lowest BCUT2D eigenvalue weighted by molar-refractivity contribution is -0.0737. The zero-order valence-electron chi connectivity index (χ0n) is 13.0. The number of rotatable bonds is 11. The molecule has 4 atom stereocenters. The van der Waals surface area contributed by atoms with Crippen LogP contribution in [0.1, 0.15) is 51.9 Å². The third-order valence-corrected chi connectivity index (χ3v) is 3.81. The lowest BCUT2D eigenvalue weighted by Gasteiger charge is -2.23. The van der Waals surface area contributed by atoms with E-state index >= 15 is 0 Å². The van der Waals surface area contributed by atoms with Crippen LogP contribution in [0, 0.1) is 0 Å². The Morgan fingerprint density at radius 2 is 1.90 bits per heavy atom. The molecule has 1 aliphatic rings. The quantitative estimate of drug-likeness (QED) is 0.400. The van der Waals surface area contributed by atoms with E-state index in [0.717, 1.165) is 12.8 Å². The maximum absolute atomic E-state index is 9.71. The Bertz CT molecular complexity index is 282. The molecule has 5 heteroatoms. The molecule has 5 nitrogen and oxygen atoms in total. The summed E-state index contributed by atoms with van der Waals surface area (Å²) in [6.45, 7) is 2.03. The highest BCUT2D eigenvalue weighted by atomic mass is 16.6. The molecular formula is C16H30O5. The first-order valence-electron chi connectivity index (χ1n) is 8.09. The van der Waals surface area contributed by atoms with Gasteiger partial charge in [-0.2, -0.15) is 0 Å². The minimum Gasteiger partial charge on any atom is -0.493 e. The van der Waals surface area contributed by atoms with Gasteiger partial charge in [0.25, 0.3) is 0 Å². The van der Waals surface area contributed by atoms with Crippen molar-refractivity contribution in [2.24, 2.45) is 0 Å². The molecule has 21 heavy (non-hydrogen) atoms. The first-order chi connectivity index (χ1) is 10.2. The number of ether oxygens (including phenoxy) is 2.